The molecule has 124 valence electrons. The molecule has 1 N–H and O–H groups in total. The van der Waals surface area contributed by atoms with Gasteiger partial charge in [-0.05, 0) is 36.4 Å². The number of benzene rings is 2. The molecule has 0 saturated heterocycles. The Hall–Kier alpha value is -2.87. The summed E-state index contributed by atoms with van der Waals surface area (Å²) in [4.78, 5) is 34.1. The molecule has 0 heterocycles. The van der Waals surface area contributed by atoms with Crippen LogP contribution in [-0.4, -0.2) is 29.7 Å². The molecule has 2 aromatic rings. The molecule has 8 heteroatoms. The molecule has 0 bridgehead atoms. The molecule has 0 spiro atoms. The number of carbonyl (C=O) groups is 2. The molecule has 0 fully saturated rings. The van der Waals surface area contributed by atoms with E-state index in [1.807, 2.05) is 0 Å². The summed E-state index contributed by atoms with van der Waals surface area (Å²) in [5, 5.41) is 13.3. The average molecular weight is 346 g/mol. The summed E-state index contributed by atoms with van der Waals surface area (Å²) in [5.41, 5.74) is 0.837. The number of hydrogen-bond acceptors (Lipinski definition) is 6. The molecule has 1 amide bonds. The lowest BCUT2D eigenvalue weighted by Gasteiger charge is -2.06. The number of thioether (sulfide) groups is 1. The molecule has 2 rings (SSSR count). The quantitative estimate of drug-likeness (QED) is 0.373. The van der Waals surface area contributed by atoms with E-state index in [0.717, 1.165) is 4.90 Å². The number of carbonyl (C=O) groups excluding carboxylic acids is 2. The molecule has 0 aliphatic rings. The van der Waals surface area contributed by atoms with E-state index >= 15 is 0 Å². The van der Waals surface area contributed by atoms with E-state index in [1.165, 1.54) is 43.1 Å². The van der Waals surface area contributed by atoms with Gasteiger partial charge in [-0.25, -0.2) is 0 Å². The fourth-order valence-corrected chi connectivity index (χ4v) is 2.50. The predicted molar refractivity (Wildman–Crippen MR) is 90.2 cm³/mol. The number of hydrogen-bond donors (Lipinski definition) is 1. The molecule has 24 heavy (non-hydrogen) atoms. The van der Waals surface area contributed by atoms with Gasteiger partial charge in [0.05, 0.1) is 17.8 Å². The van der Waals surface area contributed by atoms with Crippen molar-refractivity contribution in [1.29, 1.82) is 0 Å². The summed E-state index contributed by atoms with van der Waals surface area (Å²) >= 11 is 1.33. The molecule has 0 atom stereocenters. The summed E-state index contributed by atoms with van der Waals surface area (Å²) in [6.07, 6.45) is 0. The van der Waals surface area contributed by atoms with Gasteiger partial charge in [-0.15, -0.1) is 11.8 Å². The number of nitro benzene ring substituents is 1. The highest BCUT2D eigenvalue weighted by atomic mass is 32.2. The Labute approximate surface area is 142 Å². The monoisotopic (exact) mass is 346 g/mol. The van der Waals surface area contributed by atoms with Crippen molar-refractivity contribution >= 4 is 35.0 Å². The smallest absolute Gasteiger partial charge is 0.315 e. The van der Waals surface area contributed by atoms with Gasteiger partial charge in [-0.2, -0.15) is 0 Å². The number of nitrogens with one attached hydrogen (secondary N) is 1. The number of anilines is 1. The van der Waals surface area contributed by atoms with Crippen LogP contribution in [0.4, 0.5) is 11.4 Å². The maximum atomic E-state index is 12.1. The normalized spacial score (nSPS) is 10.0. The highest BCUT2D eigenvalue weighted by Gasteiger charge is 2.10. The fourth-order valence-electron chi connectivity index (χ4n) is 1.77. The van der Waals surface area contributed by atoms with E-state index in [9.17, 15) is 19.7 Å². The van der Waals surface area contributed by atoms with Crippen molar-refractivity contribution in [3.8, 4) is 0 Å². The lowest BCUT2D eigenvalue weighted by Crippen LogP contribution is -2.11. The largest absolute Gasteiger partial charge is 0.468 e. The van der Waals surface area contributed by atoms with Crippen molar-refractivity contribution in [1.82, 2.24) is 0 Å². The van der Waals surface area contributed by atoms with Crippen LogP contribution in [0.25, 0.3) is 0 Å². The number of methoxy groups -OCH3 is 1. The number of amides is 1. The first kappa shape index (κ1) is 17.5. The minimum atomic E-state index is -0.521. The van der Waals surface area contributed by atoms with Crippen molar-refractivity contribution < 1.29 is 19.2 Å². The first-order chi connectivity index (χ1) is 11.5. The van der Waals surface area contributed by atoms with Gasteiger partial charge in [-0.1, -0.05) is 0 Å². The molecule has 0 saturated carbocycles. The molecular weight excluding hydrogens is 332 g/mol. The van der Waals surface area contributed by atoms with Gasteiger partial charge in [0.2, 0.25) is 0 Å². The first-order valence-corrected chi connectivity index (χ1v) is 7.83. The van der Waals surface area contributed by atoms with Crippen molar-refractivity contribution in [2.24, 2.45) is 0 Å². The number of non-ortho nitro benzene ring substituents is 1. The fraction of sp³-hybridized carbons (Fsp3) is 0.125. The van der Waals surface area contributed by atoms with Gasteiger partial charge in [0.25, 0.3) is 11.6 Å². The van der Waals surface area contributed by atoms with Crippen LogP contribution in [0.3, 0.4) is 0 Å². The lowest BCUT2D eigenvalue weighted by molar-refractivity contribution is -0.384. The number of rotatable bonds is 6. The van der Waals surface area contributed by atoms with Crippen LogP contribution in [0.15, 0.2) is 53.4 Å². The summed E-state index contributed by atoms with van der Waals surface area (Å²) in [6.45, 7) is 0. The van der Waals surface area contributed by atoms with Crippen molar-refractivity contribution in [2.75, 3.05) is 18.2 Å². The number of nitrogens with zero attached hydrogens (tertiary/aromatic N) is 1. The Morgan fingerprint density at radius 2 is 1.75 bits per heavy atom. The number of nitro groups is 1. The number of esters is 1. The summed E-state index contributed by atoms with van der Waals surface area (Å²) < 4.78 is 4.56. The zero-order valence-electron chi connectivity index (χ0n) is 12.7. The SMILES string of the molecule is COC(=O)CSc1ccc(NC(=O)c2ccc([N+](=O)[O-])cc2)cc1. The summed E-state index contributed by atoms with van der Waals surface area (Å²) in [6, 6.07) is 12.3. The molecule has 0 radical (unpaired) electrons. The first-order valence-electron chi connectivity index (χ1n) is 6.85. The Morgan fingerprint density at radius 3 is 2.29 bits per heavy atom. The van der Waals surface area contributed by atoms with Gasteiger partial charge in [-0.3, -0.25) is 19.7 Å². The van der Waals surface area contributed by atoms with Crippen molar-refractivity contribution in [3.63, 3.8) is 0 Å². The minimum absolute atomic E-state index is 0.0708. The van der Waals surface area contributed by atoms with E-state index in [-0.39, 0.29) is 23.3 Å². The predicted octanol–water partition coefficient (Wildman–Crippen LogP) is 3.11. The summed E-state index contributed by atoms with van der Waals surface area (Å²) in [7, 11) is 1.33. The zero-order valence-corrected chi connectivity index (χ0v) is 13.5. The van der Waals surface area contributed by atoms with Crippen LogP contribution in [0.5, 0.6) is 0 Å². The second-order valence-corrected chi connectivity index (χ2v) is 5.70. The van der Waals surface area contributed by atoms with Crippen LogP contribution in [0.1, 0.15) is 10.4 Å². The van der Waals surface area contributed by atoms with E-state index in [0.29, 0.717) is 11.3 Å². The highest BCUT2D eigenvalue weighted by Crippen LogP contribution is 2.21. The molecule has 7 nitrogen and oxygen atoms in total. The zero-order chi connectivity index (χ0) is 17.5. The Kier molecular flexibility index (Phi) is 5.91. The Bertz CT molecular complexity index is 744. The maximum absolute atomic E-state index is 12.1. The van der Waals surface area contributed by atoms with Crippen LogP contribution in [0, 0.1) is 10.1 Å². The second kappa shape index (κ2) is 8.11. The van der Waals surface area contributed by atoms with Gasteiger partial charge in [0.1, 0.15) is 0 Å². The van der Waals surface area contributed by atoms with E-state index in [1.54, 1.807) is 24.3 Å². The van der Waals surface area contributed by atoms with Crippen LogP contribution < -0.4 is 5.32 Å². The minimum Gasteiger partial charge on any atom is -0.468 e. The van der Waals surface area contributed by atoms with Gasteiger partial charge in [0, 0.05) is 28.3 Å². The van der Waals surface area contributed by atoms with Gasteiger partial charge < -0.3 is 10.1 Å². The second-order valence-electron chi connectivity index (χ2n) is 4.65. The lowest BCUT2D eigenvalue weighted by atomic mass is 10.2. The van der Waals surface area contributed by atoms with Crippen molar-refractivity contribution in [2.45, 2.75) is 4.90 Å². The van der Waals surface area contributed by atoms with Crippen LogP contribution >= 0.6 is 11.8 Å². The third-order valence-corrected chi connectivity index (χ3v) is 4.02. The molecule has 2 aromatic carbocycles. The maximum Gasteiger partial charge on any atom is 0.315 e. The van der Waals surface area contributed by atoms with Gasteiger partial charge in [0.15, 0.2) is 0 Å². The molecule has 0 aliphatic carbocycles. The van der Waals surface area contributed by atoms with Crippen LogP contribution in [-0.2, 0) is 9.53 Å². The molecule has 0 aliphatic heterocycles. The van der Waals surface area contributed by atoms with Gasteiger partial charge >= 0.3 is 5.97 Å². The van der Waals surface area contributed by atoms with E-state index in [4.69, 9.17) is 0 Å². The standard InChI is InChI=1S/C16H14N2O5S/c1-23-15(19)10-24-14-8-4-12(5-9-14)17-16(20)11-2-6-13(7-3-11)18(21)22/h2-9H,10H2,1H3,(H,17,20). The third-order valence-electron chi connectivity index (χ3n) is 3.04. The highest BCUT2D eigenvalue weighted by molar-refractivity contribution is 8.00. The van der Waals surface area contributed by atoms with Crippen molar-refractivity contribution in [3.05, 3.63) is 64.2 Å². The van der Waals surface area contributed by atoms with E-state index in [2.05, 4.69) is 10.1 Å². The van der Waals surface area contributed by atoms with Crippen LogP contribution in [0.2, 0.25) is 0 Å². The molecule has 0 aromatic heterocycles. The third kappa shape index (κ3) is 4.82. The number of ether oxygens (including phenoxy) is 1. The average Bonchev–Trinajstić information content (AvgIpc) is 2.60. The molecule has 0 unspecified atom stereocenters. The summed E-state index contributed by atoms with van der Waals surface area (Å²) in [5.74, 6) is -0.458. The Balaban J connectivity index is 1.96. The molecular formula is C16H14N2O5S. The topological polar surface area (TPSA) is 98.5 Å². The Morgan fingerprint density at radius 1 is 1.12 bits per heavy atom. The van der Waals surface area contributed by atoms with E-state index < -0.39 is 4.92 Å².